The van der Waals surface area contributed by atoms with Gasteiger partial charge in [0, 0.05) is 22.7 Å². The lowest BCUT2D eigenvalue weighted by Crippen LogP contribution is -2.30. The largest absolute Gasteiger partial charge is 0.300 e. The topological polar surface area (TPSA) is 57.7 Å². The SMILES string of the molecule is CCN(CC)Cc1c(Br)sc(N2C(=O)c3ccccc3C2=O)c1C(=O)c1ccc(Cl)cc1. The molecule has 1 aliphatic rings. The standard InChI is InChI=1S/C24H20BrClN2O3S/c1-3-27(4-2)13-18-19(20(29)14-9-11-15(26)12-10-14)24(32-21(18)25)28-22(30)16-7-5-6-8-17(16)23(28)31/h5-12H,3-4,13H2,1-2H3. The summed E-state index contributed by atoms with van der Waals surface area (Å²) in [6.45, 7) is 6.22. The number of carbonyl (C=O) groups is 3. The summed E-state index contributed by atoms with van der Waals surface area (Å²) in [7, 11) is 0. The van der Waals surface area contributed by atoms with Gasteiger partial charge >= 0.3 is 0 Å². The second kappa shape index (κ2) is 9.27. The molecule has 0 aliphatic carbocycles. The number of ketones is 1. The van der Waals surface area contributed by atoms with E-state index in [1.165, 1.54) is 11.3 Å². The summed E-state index contributed by atoms with van der Waals surface area (Å²) in [5, 5.41) is 0.863. The Morgan fingerprint density at radius 3 is 2.09 bits per heavy atom. The fourth-order valence-electron chi connectivity index (χ4n) is 3.75. The molecule has 0 atom stereocenters. The van der Waals surface area contributed by atoms with Gasteiger partial charge in [-0.3, -0.25) is 19.3 Å². The van der Waals surface area contributed by atoms with Gasteiger partial charge in [0.2, 0.25) is 0 Å². The van der Waals surface area contributed by atoms with Crippen molar-refractivity contribution in [3.05, 3.63) is 85.2 Å². The van der Waals surface area contributed by atoms with E-state index in [9.17, 15) is 14.4 Å². The molecule has 32 heavy (non-hydrogen) atoms. The molecule has 0 saturated carbocycles. The van der Waals surface area contributed by atoms with E-state index in [1.54, 1.807) is 48.5 Å². The maximum Gasteiger partial charge on any atom is 0.266 e. The predicted octanol–water partition coefficient (Wildman–Crippen LogP) is 6.04. The Morgan fingerprint density at radius 1 is 1.00 bits per heavy atom. The molecule has 2 aromatic carbocycles. The van der Waals surface area contributed by atoms with Crippen molar-refractivity contribution in [2.24, 2.45) is 0 Å². The average Bonchev–Trinajstić information content (AvgIpc) is 3.25. The van der Waals surface area contributed by atoms with E-state index in [0.29, 0.717) is 38.8 Å². The van der Waals surface area contributed by atoms with Gasteiger partial charge in [0.25, 0.3) is 11.8 Å². The van der Waals surface area contributed by atoms with E-state index >= 15 is 0 Å². The first-order valence-electron chi connectivity index (χ1n) is 10.2. The molecule has 1 aliphatic heterocycles. The minimum absolute atomic E-state index is 0.252. The van der Waals surface area contributed by atoms with Gasteiger partial charge in [-0.05, 0) is 65.4 Å². The quantitative estimate of drug-likeness (QED) is 0.276. The zero-order chi connectivity index (χ0) is 23.0. The highest BCUT2D eigenvalue weighted by atomic mass is 79.9. The number of carbonyl (C=O) groups excluding carboxylic acids is 3. The molecule has 2 amide bonds. The second-order valence-corrected chi connectivity index (χ2v) is 10.1. The number of imide groups is 1. The van der Waals surface area contributed by atoms with E-state index in [-0.39, 0.29) is 5.78 Å². The van der Waals surface area contributed by atoms with E-state index in [1.807, 2.05) is 0 Å². The lowest BCUT2D eigenvalue weighted by atomic mass is 10.0. The normalized spacial score (nSPS) is 13.2. The van der Waals surface area contributed by atoms with Gasteiger partial charge in [0.05, 0.1) is 20.5 Å². The van der Waals surface area contributed by atoms with E-state index in [0.717, 1.165) is 27.3 Å². The molecular formula is C24H20BrClN2O3S. The van der Waals surface area contributed by atoms with Crippen molar-refractivity contribution in [1.29, 1.82) is 0 Å². The first-order chi connectivity index (χ1) is 15.4. The number of nitrogens with zero attached hydrogens (tertiary/aromatic N) is 2. The molecule has 0 saturated heterocycles. The molecule has 0 unspecified atom stereocenters. The highest BCUT2D eigenvalue weighted by Crippen LogP contribution is 2.44. The molecule has 3 aromatic rings. The van der Waals surface area contributed by atoms with Gasteiger partial charge in [-0.2, -0.15) is 0 Å². The van der Waals surface area contributed by atoms with Crippen LogP contribution in [0.5, 0.6) is 0 Å². The summed E-state index contributed by atoms with van der Waals surface area (Å²) in [5.74, 6) is -1.09. The number of rotatable bonds is 7. The van der Waals surface area contributed by atoms with Crippen LogP contribution < -0.4 is 4.90 Å². The summed E-state index contributed by atoms with van der Waals surface area (Å²) in [6, 6.07) is 13.3. The van der Waals surface area contributed by atoms with Crippen molar-refractivity contribution in [3.8, 4) is 0 Å². The van der Waals surface area contributed by atoms with Crippen molar-refractivity contribution in [1.82, 2.24) is 4.90 Å². The van der Waals surface area contributed by atoms with Crippen LogP contribution in [0.25, 0.3) is 0 Å². The van der Waals surface area contributed by atoms with E-state index in [2.05, 4.69) is 34.7 Å². The molecule has 4 rings (SSSR count). The van der Waals surface area contributed by atoms with Gasteiger partial charge in [0.15, 0.2) is 5.78 Å². The number of amides is 2. The number of hydrogen-bond donors (Lipinski definition) is 0. The number of thiophene rings is 1. The molecule has 2 heterocycles. The Bertz CT molecular complexity index is 1180. The van der Waals surface area contributed by atoms with Gasteiger partial charge < -0.3 is 0 Å². The van der Waals surface area contributed by atoms with Crippen LogP contribution in [0.1, 0.15) is 56.0 Å². The summed E-state index contributed by atoms with van der Waals surface area (Å²) in [4.78, 5) is 43.4. The Morgan fingerprint density at radius 2 is 1.56 bits per heavy atom. The van der Waals surface area contributed by atoms with Crippen LogP contribution >= 0.6 is 38.9 Å². The molecule has 0 fully saturated rings. The fraction of sp³-hybridized carbons (Fsp3) is 0.208. The number of anilines is 1. The van der Waals surface area contributed by atoms with E-state index < -0.39 is 11.8 Å². The van der Waals surface area contributed by atoms with Crippen LogP contribution in [0.2, 0.25) is 5.02 Å². The second-order valence-electron chi connectivity index (χ2n) is 7.32. The minimum atomic E-state index is -0.418. The first-order valence-corrected chi connectivity index (χ1v) is 12.2. The first kappa shape index (κ1) is 22.9. The molecule has 8 heteroatoms. The highest BCUT2D eigenvalue weighted by Gasteiger charge is 2.40. The lowest BCUT2D eigenvalue weighted by Gasteiger charge is -2.20. The Hall–Kier alpha value is -2.32. The molecule has 5 nitrogen and oxygen atoms in total. The Balaban J connectivity index is 1.88. The monoisotopic (exact) mass is 530 g/mol. The maximum atomic E-state index is 13.7. The Kier molecular flexibility index (Phi) is 6.62. The molecule has 164 valence electrons. The van der Waals surface area contributed by atoms with Crippen LogP contribution in [0.15, 0.2) is 52.3 Å². The molecule has 0 bridgehead atoms. The fourth-order valence-corrected chi connectivity index (χ4v) is 5.69. The Labute approximate surface area is 203 Å². The lowest BCUT2D eigenvalue weighted by molar-refractivity contribution is 0.0927. The van der Waals surface area contributed by atoms with Crippen molar-refractivity contribution in [3.63, 3.8) is 0 Å². The predicted molar refractivity (Wildman–Crippen MR) is 131 cm³/mol. The number of hydrogen-bond acceptors (Lipinski definition) is 5. The van der Waals surface area contributed by atoms with Gasteiger partial charge in [-0.15, -0.1) is 11.3 Å². The summed E-state index contributed by atoms with van der Waals surface area (Å²) >= 11 is 10.8. The van der Waals surface area contributed by atoms with Gasteiger partial charge in [0.1, 0.15) is 5.00 Å². The van der Waals surface area contributed by atoms with Crippen LogP contribution in [-0.2, 0) is 6.54 Å². The maximum absolute atomic E-state index is 13.7. The third-order valence-corrected chi connectivity index (χ3v) is 7.77. The molecular weight excluding hydrogens is 512 g/mol. The van der Waals surface area contributed by atoms with Crippen molar-refractivity contribution in [2.75, 3.05) is 18.0 Å². The zero-order valence-corrected chi connectivity index (χ0v) is 20.7. The zero-order valence-electron chi connectivity index (χ0n) is 17.5. The van der Waals surface area contributed by atoms with Gasteiger partial charge in [-0.1, -0.05) is 37.6 Å². The van der Waals surface area contributed by atoms with Crippen LogP contribution in [0, 0.1) is 0 Å². The summed E-state index contributed by atoms with van der Waals surface area (Å²) in [5.41, 5.74) is 2.27. The average molecular weight is 532 g/mol. The van der Waals surface area contributed by atoms with Crippen LogP contribution in [0.4, 0.5) is 5.00 Å². The van der Waals surface area contributed by atoms with Crippen molar-refractivity contribution in [2.45, 2.75) is 20.4 Å². The third-order valence-electron chi connectivity index (χ3n) is 5.55. The van der Waals surface area contributed by atoms with Crippen LogP contribution in [-0.4, -0.2) is 35.6 Å². The number of benzene rings is 2. The van der Waals surface area contributed by atoms with Crippen molar-refractivity contribution < 1.29 is 14.4 Å². The summed E-state index contributed by atoms with van der Waals surface area (Å²) < 4.78 is 0.730. The summed E-state index contributed by atoms with van der Waals surface area (Å²) in [6.07, 6.45) is 0. The van der Waals surface area contributed by atoms with Crippen molar-refractivity contribution >= 4 is 61.5 Å². The molecule has 1 aromatic heterocycles. The smallest absolute Gasteiger partial charge is 0.266 e. The minimum Gasteiger partial charge on any atom is -0.300 e. The highest BCUT2D eigenvalue weighted by molar-refractivity contribution is 9.11. The third kappa shape index (κ3) is 3.94. The van der Waals surface area contributed by atoms with Crippen LogP contribution in [0.3, 0.4) is 0 Å². The number of fused-ring (bicyclic) bond motifs is 1. The molecule has 0 N–H and O–H groups in total. The molecule has 0 spiro atoms. The number of halogens is 2. The van der Waals surface area contributed by atoms with E-state index in [4.69, 9.17) is 11.6 Å². The van der Waals surface area contributed by atoms with Gasteiger partial charge in [-0.25, -0.2) is 4.90 Å². The molecule has 0 radical (unpaired) electrons.